The van der Waals surface area contributed by atoms with E-state index in [1.165, 1.54) is 7.85 Å². The summed E-state index contributed by atoms with van der Waals surface area (Å²) in [7, 11) is 1.51. The van der Waals surface area contributed by atoms with Crippen LogP contribution in [-0.4, -0.2) is 22.6 Å². The van der Waals surface area contributed by atoms with E-state index in [-0.39, 0.29) is 23.6 Å². The summed E-state index contributed by atoms with van der Waals surface area (Å²) in [4.78, 5) is 4.18. The molecule has 0 saturated heterocycles. The van der Waals surface area contributed by atoms with Gasteiger partial charge >= 0.3 is 0 Å². The van der Waals surface area contributed by atoms with Gasteiger partial charge in [-0.2, -0.15) is 5.10 Å². The van der Waals surface area contributed by atoms with Crippen molar-refractivity contribution in [2.75, 3.05) is 0 Å². The first-order chi connectivity index (χ1) is 10.1. The van der Waals surface area contributed by atoms with E-state index in [9.17, 15) is 8.78 Å². The number of halogens is 2. The summed E-state index contributed by atoms with van der Waals surface area (Å²) in [5, 5.41) is 4.32. The van der Waals surface area contributed by atoms with Gasteiger partial charge in [0.15, 0.2) is 25.7 Å². The Morgan fingerprint density at radius 3 is 2.62 bits per heavy atom. The predicted octanol–water partition coefficient (Wildman–Crippen LogP) is 2.45. The van der Waals surface area contributed by atoms with Crippen molar-refractivity contribution in [3.05, 3.63) is 47.5 Å². The van der Waals surface area contributed by atoms with Crippen LogP contribution in [0.2, 0.25) is 0 Å². The zero-order valence-corrected chi connectivity index (χ0v) is 11.8. The molecule has 0 spiro atoms. The zero-order valence-electron chi connectivity index (χ0n) is 11.8. The number of hydrogen-bond acceptors (Lipinski definition) is 2. The van der Waals surface area contributed by atoms with Crippen molar-refractivity contribution in [1.82, 2.24) is 14.8 Å². The van der Waals surface area contributed by atoms with E-state index in [2.05, 4.69) is 10.1 Å². The average molecular weight is 287 g/mol. The van der Waals surface area contributed by atoms with Crippen molar-refractivity contribution < 1.29 is 8.78 Å². The van der Waals surface area contributed by atoms with Gasteiger partial charge in [-0.1, -0.05) is 30.3 Å². The van der Waals surface area contributed by atoms with Gasteiger partial charge in [0.25, 0.3) is 0 Å². The quantitative estimate of drug-likeness (QED) is 0.812. The Morgan fingerprint density at radius 1 is 1.24 bits per heavy atom. The number of benzene rings is 1. The second-order valence-electron chi connectivity index (χ2n) is 6.22. The molecule has 2 aliphatic rings. The molecule has 0 bridgehead atoms. The number of nitrogens with zero attached hydrogens (tertiary/aromatic N) is 3. The normalized spacial score (nSPS) is 27.3. The van der Waals surface area contributed by atoms with Crippen molar-refractivity contribution >= 4 is 7.85 Å². The number of aromatic nitrogens is 3. The maximum absolute atomic E-state index is 14.8. The molecule has 108 valence electrons. The molecule has 1 aliphatic carbocycles. The van der Waals surface area contributed by atoms with Crippen LogP contribution >= 0.6 is 0 Å². The second-order valence-corrected chi connectivity index (χ2v) is 6.22. The second kappa shape index (κ2) is 4.39. The number of alkyl halides is 2. The summed E-state index contributed by atoms with van der Waals surface area (Å²) < 4.78 is 30.6. The lowest BCUT2D eigenvalue weighted by Crippen LogP contribution is -2.25. The highest BCUT2D eigenvalue weighted by atomic mass is 19.1. The van der Waals surface area contributed by atoms with Gasteiger partial charge in [0.1, 0.15) is 5.57 Å². The van der Waals surface area contributed by atoms with Crippen LogP contribution in [0.1, 0.15) is 48.7 Å². The van der Waals surface area contributed by atoms with Crippen LogP contribution in [-0.2, 0) is 5.57 Å². The summed E-state index contributed by atoms with van der Waals surface area (Å²) in [5.41, 5.74) is -0.555. The van der Waals surface area contributed by atoms with Gasteiger partial charge in [0.2, 0.25) is 0 Å². The fourth-order valence-electron chi connectivity index (χ4n) is 3.15. The van der Waals surface area contributed by atoms with Crippen LogP contribution in [0.15, 0.2) is 30.3 Å². The Kier molecular flexibility index (Phi) is 2.71. The van der Waals surface area contributed by atoms with Crippen molar-refractivity contribution in [2.45, 2.75) is 37.0 Å². The topological polar surface area (TPSA) is 30.7 Å². The summed E-state index contributed by atoms with van der Waals surface area (Å²) in [5.74, 6) is 0.389. The molecule has 0 radical (unpaired) electrons. The Hall–Kier alpha value is -1.72. The lowest BCUT2D eigenvalue weighted by molar-refractivity contribution is 0.227. The molecule has 1 aromatic carbocycles. The maximum atomic E-state index is 14.8. The summed E-state index contributed by atoms with van der Waals surface area (Å²) in [6, 6.07) is 9.47. The van der Waals surface area contributed by atoms with Crippen LogP contribution in [0.4, 0.5) is 8.78 Å². The van der Waals surface area contributed by atoms with Gasteiger partial charge in [-0.3, -0.25) is 0 Å². The minimum atomic E-state index is -1.54. The van der Waals surface area contributed by atoms with E-state index in [1.54, 1.807) is 4.68 Å². The van der Waals surface area contributed by atoms with Crippen LogP contribution in [0.25, 0.3) is 0 Å². The standard InChI is InChI=1S/C15H16BF2N3/c16-15(18,10-6-7-10)14-19-13-11(17)8-12(21(13)20-14)9-4-2-1-3-5-9/h1-5,10-12H,6-8,16H2/t11-,12-,15-/m0/s1. The highest BCUT2D eigenvalue weighted by Gasteiger charge is 2.47. The molecule has 1 fully saturated rings. The zero-order chi connectivity index (χ0) is 14.6. The number of fused-ring (bicyclic) bond motifs is 1. The molecule has 0 amide bonds. The number of hydrogen-bond donors (Lipinski definition) is 0. The van der Waals surface area contributed by atoms with Crippen molar-refractivity contribution in [3.8, 4) is 0 Å². The van der Waals surface area contributed by atoms with E-state index < -0.39 is 11.7 Å². The monoisotopic (exact) mass is 287 g/mol. The molecule has 1 aliphatic heterocycles. The largest absolute Gasteiger partial charge is 0.245 e. The van der Waals surface area contributed by atoms with Gasteiger partial charge in [-0.05, 0) is 24.3 Å². The fraction of sp³-hybridized carbons (Fsp3) is 0.467. The van der Waals surface area contributed by atoms with Crippen molar-refractivity contribution in [3.63, 3.8) is 0 Å². The van der Waals surface area contributed by atoms with Crippen molar-refractivity contribution in [1.29, 1.82) is 0 Å². The molecule has 21 heavy (non-hydrogen) atoms. The Labute approximate surface area is 122 Å². The fourth-order valence-corrected chi connectivity index (χ4v) is 3.15. The molecule has 0 N–H and O–H groups in total. The molecule has 3 atom stereocenters. The summed E-state index contributed by atoms with van der Waals surface area (Å²) in [6.07, 6.45) is 0.869. The minimum absolute atomic E-state index is 0.0196. The van der Waals surface area contributed by atoms with Gasteiger partial charge in [0.05, 0.1) is 6.04 Å². The number of rotatable bonds is 3. The van der Waals surface area contributed by atoms with Gasteiger partial charge < -0.3 is 0 Å². The van der Waals surface area contributed by atoms with E-state index in [4.69, 9.17) is 0 Å². The van der Waals surface area contributed by atoms with Gasteiger partial charge in [-0.15, -0.1) is 0 Å². The van der Waals surface area contributed by atoms with E-state index >= 15 is 0 Å². The molecule has 2 aromatic rings. The van der Waals surface area contributed by atoms with Crippen LogP contribution in [0.5, 0.6) is 0 Å². The van der Waals surface area contributed by atoms with Gasteiger partial charge in [-0.25, -0.2) is 18.4 Å². The van der Waals surface area contributed by atoms with E-state index in [1.807, 2.05) is 30.3 Å². The third-order valence-corrected chi connectivity index (χ3v) is 4.63. The van der Waals surface area contributed by atoms with E-state index in [0.29, 0.717) is 6.42 Å². The average Bonchev–Trinajstić information content (AvgIpc) is 3.17. The molecule has 6 heteroatoms. The molecule has 0 unspecified atom stereocenters. The molecular formula is C15H16BF2N3. The van der Waals surface area contributed by atoms with Crippen molar-refractivity contribution in [2.24, 2.45) is 5.92 Å². The first kappa shape index (κ1) is 13.0. The minimum Gasteiger partial charge on any atom is -0.245 e. The first-order valence-corrected chi connectivity index (χ1v) is 7.42. The third kappa shape index (κ3) is 2.00. The third-order valence-electron chi connectivity index (χ3n) is 4.63. The SMILES string of the molecule is B[C@@](F)(c1nc2n(n1)[C@H](c1ccccc1)C[C@@H]2F)C1CC1. The molecule has 1 aromatic heterocycles. The van der Waals surface area contributed by atoms with Crippen LogP contribution < -0.4 is 0 Å². The van der Waals surface area contributed by atoms with Gasteiger partial charge in [0, 0.05) is 6.42 Å². The maximum Gasteiger partial charge on any atom is 0.179 e. The molecule has 4 rings (SSSR count). The molecular weight excluding hydrogens is 271 g/mol. The van der Waals surface area contributed by atoms with Crippen LogP contribution in [0.3, 0.4) is 0 Å². The molecule has 1 saturated carbocycles. The smallest absolute Gasteiger partial charge is 0.179 e. The lowest BCUT2D eigenvalue weighted by Gasteiger charge is -2.17. The lowest BCUT2D eigenvalue weighted by atomic mass is 9.78. The van der Waals surface area contributed by atoms with Crippen LogP contribution in [0, 0.1) is 5.92 Å². The molecule has 2 heterocycles. The Morgan fingerprint density at radius 2 is 1.95 bits per heavy atom. The Balaban J connectivity index is 1.74. The first-order valence-electron chi connectivity index (χ1n) is 7.42. The highest BCUT2D eigenvalue weighted by molar-refractivity contribution is 6.14. The summed E-state index contributed by atoms with van der Waals surface area (Å²) >= 11 is 0. The predicted molar refractivity (Wildman–Crippen MR) is 77.1 cm³/mol. The highest BCUT2D eigenvalue weighted by Crippen LogP contribution is 2.47. The van der Waals surface area contributed by atoms with E-state index in [0.717, 1.165) is 18.4 Å². The Bertz CT molecular complexity index is 667. The molecule has 3 nitrogen and oxygen atoms in total. The summed E-state index contributed by atoms with van der Waals surface area (Å²) in [6.45, 7) is 0.